The molecule has 4 heteroatoms. The quantitative estimate of drug-likeness (QED) is 0.764. The molecular weight excluding hydrogens is 216 g/mol. The molecule has 0 aromatic heterocycles. The maximum absolute atomic E-state index is 11.3. The molecular formula is C13H18N2O2. The number of rotatable bonds is 5. The first-order valence-corrected chi connectivity index (χ1v) is 5.98. The summed E-state index contributed by atoms with van der Waals surface area (Å²) in [7, 11) is 0. The molecule has 2 rings (SSSR count). The number of ether oxygens (including phenoxy) is 1. The zero-order valence-corrected chi connectivity index (χ0v) is 10.0. The lowest BCUT2D eigenvalue weighted by Gasteiger charge is -2.08. The van der Waals surface area contributed by atoms with E-state index < -0.39 is 0 Å². The third kappa shape index (κ3) is 4.34. The molecule has 92 valence electrons. The number of amides is 2. The summed E-state index contributed by atoms with van der Waals surface area (Å²) < 4.78 is 5.49. The molecule has 0 aliphatic heterocycles. The molecule has 17 heavy (non-hydrogen) atoms. The van der Waals surface area contributed by atoms with Crippen LogP contribution in [0.15, 0.2) is 24.3 Å². The Bertz CT molecular complexity index is 372. The van der Waals surface area contributed by atoms with Crippen molar-refractivity contribution in [3.05, 3.63) is 29.8 Å². The van der Waals surface area contributed by atoms with E-state index in [2.05, 4.69) is 10.6 Å². The number of carbonyl (C=O) groups excluding carboxylic acids is 1. The molecule has 0 atom stereocenters. The molecule has 1 aromatic rings. The van der Waals surface area contributed by atoms with Gasteiger partial charge in [0.15, 0.2) is 0 Å². The summed E-state index contributed by atoms with van der Waals surface area (Å²) >= 11 is 0. The lowest BCUT2D eigenvalue weighted by molar-refractivity contribution is 0.236. The van der Waals surface area contributed by atoms with E-state index in [1.807, 2.05) is 31.2 Å². The topological polar surface area (TPSA) is 50.4 Å². The summed E-state index contributed by atoms with van der Waals surface area (Å²) in [6, 6.07) is 8.16. The largest absolute Gasteiger partial charge is 0.492 e. The van der Waals surface area contributed by atoms with Gasteiger partial charge in [-0.2, -0.15) is 0 Å². The Labute approximate surface area is 101 Å². The predicted molar refractivity (Wildman–Crippen MR) is 66.2 cm³/mol. The van der Waals surface area contributed by atoms with E-state index in [4.69, 9.17) is 4.74 Å². The fourth-order valence-corrected chi connectivity index (χ4v) is 1.43. The molecule has 1 aromatic carbocycles. The Morgan fingerprint density at radius 2 is 2.06 bits per heavy atom. The molecule has 0 heterocycles. The molecule has 1 fully saturated rings. The van der Waals surface area contributed by atoms with Gasteiger partial charge in [-0.25, -0.2) is 4.79 Å². The van der Waals surface area contributed by atoms with Gasteiger partial charge in [0.1, 0.15) is 12.4 Å². The number of hydrogen-bond acceptors (Lipinski definition) is 2. The minimum absolute atomic E-state index is 0.0972. The van der Waals surface area contributed by atoms with Crippen molar-refractivity contribution in [2.24, 2.45) is 0 Å². The summed E-state index contributed by atoms with van der Waals surface area (Å²) in [6.07, 6.45) is 2.21. The van der Waals surface area contributed by atoms with Crippen molar-refractivity contribution in [1.29, 1.82) is 0 Å². The number of carbonyl (C=O) groups is 1. The van der Waals surface area contributed by atoms with Gasteiger partial charge in [0.25, 0.3) is 0 Å². The second-order valence-electron chi connectivity index (χ2n) is 4.34. The molecule has 0 unspecified atom stereocenters. The van der Waals surface area contributed by atoms with Crippen LogP contribution < -0.4 is 15.4 Å². The monoisotopic (exact) mass is 234 g/mol. The second kappa shape index (κ2) is 5.57. The van der Waals surface area contributed by atoms with Gasteiger partial charge in [-0.15, -0.1) is 0 Å². The summed E-state index contributed by atoms with van der Waals surface area (Å²) in [5, 5.41) is 5.61. The smallest absolute Gasteiger partial charge is 0.315 e. The van der Waals surface area contributed by atoms with Crippen molar-refractivity contribution < 1.29 is 9.53 Å². The van der Waals surface area contributed by atoms with E-state index in [1.54, 1.807) is 0 Å². The van der Waals surface area contributed by atoms with Crippen LogP contribution in [0, 0.1) is 6.92 Å². The number of nitrogens with one attached hydrogen (secondary N) is 2. The van der Waals surface area contributed by atoms with E-state index in [9.17, 15) is 4.79 Å². The Morgan fingerprint density at radius 1 is 1.35 bits per heavy atom. The molecule has 0 saturated heterocycles. The maximum Gasteiger partial charge on any atom is 0.315 e. The van der Waals surface area contributed by atoms with Crippen molar-refractivity contribution >= 4 is 6.03 Å². The van der Waals surface area contributed by atoms with Gasteiger partial charge in [-0.3, -0.25) is 0 Å². The lowest BCUT2D eigenvalue weighted by Crippen LogP contribution is -2.38. The summed E-state index contributed by atoms with van der Waals surface area (Å²) in [6.45, 7) is 3.04. The fourth-order valence-electron chi connectivity index (χ4n) is 1.43. The van der Waals surface area contributed by atoms with E-state index in [1.165, 1.54) is 5.56 Å². The predicted octanol–water partition coefficient (Wildman–Crippen LogP) is 1.84. The lowest BCUT2D eigenvalue weighted by atomic mass is 10.2. The fraction of sp³-hybridized carbons (Fsp3) is 0.462. The average Bonchev–Trinajstić information content (AvgIpc) is 3.11. The zero-order chi connectivity index (χ0) is 12.1. The van der Waals surface area contributed by atoms with Gasteiger partial charge in [0.05, 0.1) is 6.54 Å². The standard InChI is InChI=1S/C13H18N2O2/c1-10-2-6-12(7-3-10)17-9-8-14-13(16)15-11-4-5-11/h2-3,6-7,11H,4-5,8-9H2,1H3,(H2,14,15,16). The molecule has 0 spiro atoms. The Hall–Kier alpha value is -1.71. The first-order valence-electron chi connectivity index (χ1n) is 5.98. The van der Waals surface area contributed by atoms with Crippen LogP contribution in [-0.2, 0) is 0 Å². The highest BCUT2D eigenvalue weighted by atomic mass is 16.5. The third-order valence-electron chi connectivity index (χ3n) is 2.59. The Morgan fingerprint density at radius 3 is 2.71 bits per heavy atom. The molecule has 2 amide bonds. The van der Waals surface area contributed by atoms with Crippen molar-refractivity contribution in [1.82, 2.24) is 10.6 Å². The van der Waals surface area contributed by atoms with Crippen LogP contribution in [0.5, 0.6) is 5.75 Å². The molecule has 1 aliphatic carbocycles. The molecule has 2 N–H and O–H groups in total. The first-order chi connectivity index (χ1) is 8.24. The van der Waals surface area contributed by atoms with Crippen LogP contribution in [0.25, 0.3) is 0 Å². The molecule has 1 saturated carbocycles. The summed E-state index contributed by atoms with van der Waals surface area (Å²) in [5.74, 6) is 0.833. The van der Waals surface area contributed by atoms with Crippen molar-refractivity contribution in [2.75, 3.05) is 13.2 Å². The van der Waals surface area contributed by atoms with Crippen LogP contribution >= 0.6 is 0 Å². The van der Waals surface area contributed by atoms with Crippen LogP contribution in [0.2, 0.25) is 0 Å². The van der Waals surface area contributed by atoms with Gasteiger partial charge in [-0.1, -0.05) is 17.7 Å². The van der Waals surface area contributed by atoms with E-state index in [0.29, 0.717) is 19.2 Å². The minimum Gasteiger partial charge on any atom is -0.492 e. The highest BCUT2D eigenvalue weighted by Gasteiger charge is 2.22. The van der Waals surface area contributed by atoms with Gasteiger partial charge in [0, 0.05) is 6.04 Å². The van der Waals surface area contributed by atoms with Crippen molar-refractivity contribution in [3.8, 4) is 5.75 Å². The number of benzene rings is 1. The average molecular weight is 234 g/mol. The van der Waals surface area contributed by atoms with E-state index in [0.717, 1.165) is 18.6 Å². The zero-order valence-electron chi connectivity index (χ0n) is 10.0. The minimum atomic E-state index is -0.0972. The van der Waals surface area contributed by atoms with Crippen LogP contribution in [-0.4, -0.2) is 25.2 Å². The molecule has 0 radical (unpaired) electrons. The van der Waals surface area contributed by atoms with Crippen LogP contribution in [0.3, 0.4) is 0 Å². The van der Waals surface area contributed by atoms with Gasteiger partial charge >= 0.3 is 6.03 Å². The van der Waals surface area contributed by atoms with E-state index >= 15 is 0 Å². The molecule has 0 bridgehead atoms. The highest BCUT2D eigenvalue weighted by Crippen LogP contribution is 2.18. The van der Waals surface area contributed by atoms with E-state index in [-0.39, 0.29) is 6.03 Å². The Kier molecular flexibility index (Phi) is 3.85. The van der Waals surface area contributed by atoms with Crippen LogP contribution in [0.4, 0.5) is 4.79 Å². The number of aryl methyl sites for hydroxylation is 1. The van der Waals surface area contributed by atoms with Crippen LogP contribution in [0.1, 0.15) is 18.4 Å². The summed E-state index contributed by atoms with van der Waals surface area (Å²) in [4.78, 5) is 11.3. The third-order valence-corrected chi connectivity index (χ3v) is 2.59. The SMILES string of the molecule is Cc1ccc(OCCNC(=O)NC2CC2)cc1. The van der Waals surface area contributed by atoms with Crippen molar-refractivity contribution in [2.45, 2.75) is 25.8 Å². The maximum atomic E-state index is 11.3. The van der Waals surface area contributed by atoms with Gasteiger partial charge < -0.3 is 15.4 Å². The summed E-state index contributed by atoms with van der Waals surface area (Å²) in [5.41, 5.74) is 1.21. The second-order valence-corrected chi connectivity index (χ2v) is 4.34. The van der Waals surface area contributed by atoms with Crippen molar-refractivity contribution in [3.63, 3.8) is 0 Å². The number of urea groups is 1. The highest BCUT2D eigenvalue weighted by molar-refractivity contribution is 5.74. The Balaban J connectivity index is 1.59. The van der Waals surface area contributed by atoms with Gasteiger partial charge in [0.2, 0.25) is 0 Å². The first kappa shape index (κ1) is 11.8. The number of hydrogen-bond donors (Lipinski definition) is 2. The molecule has 1 aliphatic rings. The normalized spacial score (nSPS) is 14.2. The van der Waals surface area contributed by atoms with Gasteiger partial charge in [-0.05, 0) is 31.9 Å². The molecule has 4 nitrogen and oxygen atoms in total.